The van der Waals surface area contributed by atoms with Crippen LogP contribution in [0.2, 0.25) is 0 Å². The van der Waals surface area contributed by atoms with Gasteiger partial charge in [0.05, 0.1) is 11.3 Å². The van der Waals surface area contributed by atoms with Crippen LogP contribution in [0.1, 0.15) is 5.56 Å². The van der Waals surface area contributed by atoms with Crippen molar-refractivity contribution in [3.63, 3.8) is 0 Å². The number of benzene rings is 1. The Morgan fingerprint density at radius 1 is 1.06 bits per heavy atom. The molecule has 1 rings (SSSR count). The molecule has 1 aromatic rings. The minimum Gasteiger partial charge on any atom is -0.482 e. The predicted molar refractivity (Wildman–Crippen MR) is 47.4 cm³/mol. The number of hydrogen-bond acceptors (Lipinski definition) is 2. The monoisotopic (exact) mass is 259 g/mol. The molecule has 1 aromatic carbocycles. The van der Waals surface area contributed by atoms with Gasteiger partial charge in [0.25, 0.3) is 0 Å². The van der Waals surface area contributed by atoms with Crippen LogP contribution in [0, 0.1) is 0 Å². The average Bonchev–Trinajstić information content (AvgIpc) is 2.12. The van der Waals surface area contributed by atoms with Crippen molar-refractivity contribution < 1.29 is 31.1 Å². The zero-order valence-corrected chi connectivity index (χ0v) is 8.19. The smallest absolute Gasteiger partial charge is 0.422 e. The number of rotatable bonds is 2. The van der Waals surface area contributed by atoms with Crippen LogP contribution in [0.4, 0.5) is 32.0 Å². The normalized spacial score (nSPS) is 12.6. The summed E-state index contributed by atoms with van der Waals surface area (Å²) < 4.78 is 76.2. The molecule has 2 N–H and O–H groups in total. The van der Waals surface area contributed by atoms with E-state index in [4.69, 9.17) is 5.73 Å². The van der Waals surface area contributed by atoms with Gasteiger partial charge in [0.15, 0.2) is 6.61 Å². The molecule has 0 aliphatic rings. The third-order valence-corrected chi connectivity index (χ3v) is 1.73. The molecule has 0 radical (unpaired) electrons. The third-order valence-electron chi connectivity index (χ3n) is 1.73. The summed E-state index contributed by atoms with van der Waals surface area (Å²) in [5, 5.41) is 0. The Morgan fingerprint density at radius 2 is 1.65 bits per heavy atom. The van der Waals surface area contributed by atoms with Crippen LogP contribution in [0.25, 0.3) is 0 Å². The number of alkyl halides is 6. The van der Waals surface area contributed by atoms with Crippen LogP contribution >= 0.6 is 0 Å². The van der Waals surface area contributed by atoms with E-state index in [-0.39, 0.29) is 0 Å². The summed E-state index contributed by atoms with van der Waals surface area (Å²) in [5.74, 6) is -0.435. The van der Waals surface area contributed by atoms with Crippen molar-refractivity contribution in [2.75, 3.05) is 12.3 Å². The molecule has 0 saturated heterocycles. The zero-order chi connectivity index (χ0) is 13.3. The van der Waals surface area contributed by atoms with Crippen molar-refractivity contribution >= 4 is 5.69 Å². The summed E-state index contributed by atoms with van der Waals surface area (Å²) in [7, 11) is 0. The van der Waals surface area contributed by atoms with Crippen molar-refractivity contribution in [1.29, 1.82) is 0 Å². The molecule has 0 aliphatic carbocycles. The third kappa shape index (κ3) is 4.04. The first-order valence-electron chi connectivity index (χ1n) is 4.26. The first-order valence-corrected chi connectivity index (χ1v) is 4.26. The highest BCUT2D eigenvalue weighted by Crippen LogP contribution is 2.34. The van der Waals surface area contributed by atoms with Gasteiger partial charge in [0, 0.05) is 0 Å². The van der Waals surface area contributed by atoms with Gasteiger partial charge in [-0.3, -0.25) is 0 Å². The van der Waals surface area contributed by atoms with E-state index in [9.17, 15) is 26.3 Å². The van der Waals surface area contributed by atoms with E-state index in [0.29, 0.717) is 12.1 Å². The van der Waals surface area contributed by atoms with Crippen LogP contribution in [0.15, 0.2) is 18.2 Å². The summed E-state index contributed by atoms with van der Waals surface area (Å²) in [4.78, 5) is 0. The van der Waals surface area contributed by atoms with Gasteiger partial charge in [-0.05, 0) is 18.2 Å². The first kappa shape index (κ1) is 13.5. The standard InChI is InChI=1S/C9H7F6NO/c10-8(11,12)4-17-7-2-1-5(3-6(7)16)9(13,14)15/h1-3H,4,16H2. The molecule has 0 fully saturated rings. The second-order valence-corrected chi connectivity index (χ2v) is 3.15. The minimum absolute atomic E-state index is 0.435. The number of nitrogen functional groups attached to an aromatic ring is 1. The summed E-state index contributed by atoms with van der Waals surface area (Å²) in [6.45, 7) is -1.61. The van der Waals surface area contributed by atoms with Gasteiger partial charge in [0.2, 0.25) is 0 Å². The second kappa shape index (κ2) is 4.34. The molecule has 0 aliphatic heterocycles. The fraction of sp³-hybridized carbons (Fsp3) is 0.333. The van der Waals surface area contributed by atoms with Crippen molar-refractivity contribution in [1.82, 2.24) is 0 Å². The summed E-state index contributed by atoms with van der Waals surface area (Å²) in [5.41, 5.74) is 3.61. The highest BCUT2D eigenvalue weighted by Gasteiger charge is 2.32. The summed E-state index contributed by atoms with van der Waals surface area (Å²) in [6, 6.07) is 1.87. The lowest BCUT2D eigenvalue weighted by atomic mass is 10.2. The van der Waals surface area contributed by atoms with Crippen LogP contribution in [-0.2, 0) is 6.18 Å². The average molecular weight is 259 g/mol. The molecule has 0 heterocycles. The van der Waals surface area contributed by atoms with Crippen molar-refractivity contribution in [2.45, 2.75) is 12.4 Å². The van der Waals surface area contributed by atoms with Gasteiger partial charge >= 0.3 is 12.4 Å². The number of nitrogens with two attached hydrogens (primary N) is 1. The van der Waals surface area contributed by atoms with Gasteiger partial charge in [-0.15, -0.1) is 0 Å². The molecule has 2 nitrogen and oxygen atoms in total. The van der Waals surface area contributed by atoms with E-state index in [2.05, 4.69) is 4.74 Å². The summed E-state index contributed by atoms with van der Waals surface area (Å²) >= 11 is 0. The van der Waals surface area contributed by atoms with E-state index >= 15 is 0 Å². The van der Waals surface area contributed by atoms with Crippen molar-refractivity contribution in [3.05, 3.63) is 23.8 Å². The topological polar surface area (TPSA) is 35.2 Å². The SMILES string of the molecule is Nc1cc(C(F)(F)F)ccc1OCC(F)(F)F. The van der Waals surface area contributed by atoms with Crippen LogP contribution < -0.4 is 10.5 Å². The Balaban J connectivity index is 2.84. The Hall–Kier alpha value is -1.60. The molecule has 0 aromatic heterocycles. The maximum Gasteiger partial charge on any atom is 0.422 e. The molecule has 0 spiro atoms. The fourth-order valence-corrected chi connectivity index (χ4v) is 1.02. The number of ether oxygens (including phenoxy) is 1. The lowest BCUT2D eigenvalue weighted by Gasteiger charge is -2.13. The van der Waals surface area contributed by atoms with Gasteiger partial charge in [-0.2, -0.15) is 26.3 Å². The van der Waals surface area contributed by atoms with Crippen LogP contribution in [0.5, 0.6) is 5.75 Å². The highest BCUT2D eigenvalue weighted by molar-refractivity contribution is 5.54. The lowest BCUT2D eigenvalue weighted by molar-refractivity contribution is -0.153. The molecule has 17 heavy (non-hydrogen) atoms. The molecule has 0 amide bonds. The maximum absolute atomic E-state index is 12.2. The number of hydrogen-bond donors (Lipinski definition) is 1. The highest BCUT2D eigenvalue weighted by atomic mass is 19.4. The van der Waals surface area contributed by atoms with Crippen LogP contribution in [-0.4, -0.2) is 12.8 Å². The van der Waals surface area contributed by atoms with E-state index in [0.717, 1.165) is 6.07 Å². The zero-order valence-electron chi connectivity index (χ0n) is 8.19. The lowest BCUT2D eigenvalue weighted by Crippen LogP contribution is -2.19. The first-order chi connectivity index (χ1) is 7.59. The number of halogens is 6. The molecule has 0 bridgehead atoms. The summed E-state index contributed by atoms with van der Waals surface area (Å²) in [6.07, 6.45) is -9.17. The van der Waals surface area contributed by atoms with Gasteiger partial charge in [0.1, 0.15) is 5.75 Å². The molecule has 0 saturated carbocycles. The molecule has 8 heteroatoms. The Morgan fingerprint density at radius 3 is 2.06 bits per heavy atom. The predicted octanol–water partition coefficient (Wildman–Crippen LogP) is 3.23. The second-order valence-electron chi connectivity index (χ2n) is 3.15. The quantitative estimate of drug-likeness (QED) is 0.653. The number of anilines is 1. The van der Waals surface area contributed by atoms with Crippen LogP contribution in [0.3, 0.4) is 0 Å². The molecule has 0 unspecified atom stereocenters. The molecule has 96 valence electrons. The van der Waals surface area contributed by atoms with Crippen molar-refractivity contribution in [3.8, 4) is 5.75 Å². The van der Waals surface area contributed by atoms with Gasteiger partial charge < -0.3 is 10.5 Å². The molecular formula is C9H7F6NO. The van der Waals surface area contributed by atoms with E-state index < -0.39 is 36.0 Å². The largest absolute Gasteiger partial charge is 0.482 e. The van der Waals surface area contributed by atoms with E-state index in [1.165, 1.54) is 0 Å². The fourth-order valence-electron chi connectivity index (χ4n) is 1.02. The van der Waals surface area contributed by atoms with Crippen molar-refractivity contribution in [2.24, 2.45) is 0 Å². The van der Waals surface area contributed by atoms with E-state index in [1.54, 1.807) is 0 Å². The Kier molecular flexibility index (Phi) is 3.44. The molecule has 0 atom stereocenters. The van der Waals surface area contributed by atoms with Gasteiger partial charge in [-0.25, -0.2) is 0 Å². The molecular weight excluding hydrogens is 252 g/mol. The Labute approximate surface area is 92.0 Å². The Bertz CT molecular complexity index is 397. The maximum atomic E-state index is 12.2. The van der Waals surface area contributed by atoms with Gasteiger partial charge in [-0.1, -0.05) is 0 Å². The minimum atomic E-state index is -4.60. The van der Waals surface area contributed by atoms with E-state index in [1.807, 2.05) is 0 Å².